The predicted octanol–water partition coefficient (Wildman–Crippen LogP) is 5.90. The van der Waals surface area contributed by atoms with Crippen LogP contribution >= 0.6 is 0 Å². The van der Waals surface area contributed by atoms with E-state index >= 15 is 0 Å². The number of carbonyl (C=O) groups is 1. The van der Waals surface area contributed by atoms with Crippen LogP contribution in [0.3, 0.4) is 0 Å². The fourth-order valence-corrected chi connectivity index (χ4v) is 6.88. The molecule has 2 aliphatic carbocycles. The van der Waals surface area contributed by atoms with Gasteiger partial charge in [-0.25, -0.2) is 0 Å². The molecule has 0 atom stereocenters. The Kier molecular flexibility index (Phi) is 6.97. The molecule has 2 heterocycles. The number of halogens is 3. The zero-order valence-electron chi connectivity index (χ0n) is 23.7. The van der Waals surface area contributed by atoms with Gasteiger partial charge in [0, 0.05) is 37.5 Å². The Labute approximate surface area is 238 Å². The first kappa shape index (κ1) is 27.9. The van der Waals surface area contributed by atoms with E-state index in [1.165, 1.54) is 11.0 Å². The lowest BCUT2D eigenvalue weighted by Crippen LogP contribution is -2.47. The zero-order chi connectivity index (χ0) is 29.0. The maximum Gasteiger partial charge on any atom is 0.416 e. The lowest BCUT2D eigenvalue weighted by Gasteiger charge is -2.39. The van der Waals surface area contributed by atoms with Crippen LogP contribution in [-0.4, -0.2) is 39.4 Å². The van der Waals surface area contributed by atoms with E-state index in [-0.39, 0.29) is 35.9 Å². The van der Waals surface area contributed by atoms with Gasteiger partial charge in [-0.3, -0.25) is 4.79 Å². The summed E-state index contributed by atoms with van der Waals surface area (Å²) in [7, 11) is 3.64. The fraction of sp³-hybridized carbons (Fsp3) is 0.516. The smallest absolute Gasteiger partial charge is 0.381 e. The number of alkyl halides is 3. The molecule has 3 aromatic rings. The van der Waals surface area contributed by atoms with Crippen LogP contribution in [0.2, 0.25) is 0 Å². The molecule has 10 heteroatoms. The Bertz CT molecular complexity index is 1450. The molecule has 41 heavy (non-hydrogen) atoms. The first-order chi connectivity index (χ1) is 19.5. The van der Waals surface area contributed by atoms with Gasteiger partial charge in [-0.15, -0.1) is 10.2 Å². The number of methoxy groups -OCH3 is 1. The molecule has 0 bridgehead atoms. The van der Waals surface area contributed by atoms with Crippen molar-refractivity contribution in [2.75, 3.05) is 12.0 Å². The van der Waals surface area contributed by atoms with E-state index in [4.69, 9.17) is 4.74 Å². The third-order valence-corrected chi connectivity index (χ3v) is 9.55. The van der Waals surface area contributed by atoms with Gasteiger partial charge in [-0.05, 0) is 92.8 Å². The molecule has 1 aromatic heterocycles. The molecular weight excluding hydrogens is 531 g/mol. The number of ether oxygens (including phenoxy) is 1. The minimum absolute atomic E-state index is 0.0372. The molecule has 2 saturated carbocycles. The Morgan fingerprint density at radius 1 is 1.12 bits per heavy atom. The van der Waals surface area contributed by atoms with Crippen molar-refractivity contribution < 1.29 is 22.7 Å². The SMILES string of the molecule is COC1CCC(c2cccc(N3Cc4c(cc(CNC5(C)CCC5)cc4C(F)(F)F)C3=O)c2)(c2nncn2C)CC1. The van der Waals surface area contributed by atoms with Crippen LogP contribution < -0.4 is 10.2 Å². The van der Waals surface area contributed by atoms with Crippen LogP contribution in [0.5, 0.6) is 0 Å². The zero-order valence-corrected chi connectivity index (χ0v) is 23.7. The summed E-state index contributed by atoms with van der Waals surface area (Å²) < 4.78 is 50.4. The molecule has 1 N–H and O–H groups in total. The molecule has 3 aliphatic rings. The maximum absolute atomic E-state index is 14.3. The largest absolute Gasteiger partial charge is 0.416 e. The summed E-state index contributed by atoms with van der Waals surface area (Å²) >= 11 is 0. The molecule has 2 aromatic carbocycles. The van der Waals surface area contributed by atoms with Crippen molar-refractivity contribution in [3.05, 3.63) is 76.4 Å². The number of carbonyl (C=O) groups excluding carboxylic acids is 1. The number of nitrogens with zero attached hydrogens (tertiary/aromatic N) is 4. The van der Waals surface area contributed by atoms with E-state index in [1.807, 2.05) is 29.8 Å². The minimum Gasteiger partial charge on any atom is -0.381 e. The Morgan fingerprint density at radius 2 is 1.88 bits per heavy atom. The highest BCUT2D eigenvalue weighted by Crippen LogP contribution is 2.46. The highest BCUT2D eigenvalue weighted by Gasteiger charge is 2.44. The summed E-state index contributed by atoms with van der Waals surface area (Å²) in [5, 5.41) is 12.0. The van der Waals surface area contributed by atoms with Crippen molar-refractivity contribution in [2.24, 2.45) is 7.05 Å². The minimum atomic E-state index is -4.56. The monoisotopic (exact) mass is 567 g/mol. The highest BCUT2D eigenvalue weighted by molar-refractivity contribution is 6.10. The summed E-state index contributed by atoms with van der Waals surface area (Å²) in [4.78, 5) is 15.2. The van der Waals surface area contributed by atoms with E-state index < -0.39 is 23.1 Å². The maximum atomic E-state index is 14.3. The second-order valence-corrected chi connectivity index (χ2v) is 12.2. The van der Waals surface area contributed by atoms with Crippen molar-refractivity contribution in [2.45, 2.75) is 88.2 Å². The first-order valence-electron chi connectivity index (χ1n) is 14.3. The van der Waals surface area contributed by atoms with Crippen molar-refractivity contribution in [3.8, 4) is 0 Å². The van der Waals surface area contributed by atoms with Crippen LogP contribution in [0.25, 0.3) is 0 Å². The lowest BCUT2D eigenvalue weighted by molar-refractivity contribution is -0.138. The fourth-order valence-electron chi connectivity index (χ4n) is 6.88. The summed E-state index contributed by atoms with van der Waals surface area (Å²) in [5.74, 6) is 0.423. The first-order valence-corrected chi connectivity index (χ1v) is 14.3. The molecule has 0 unspecified atom stereocenters. The van der Waals surface area contributed by atoms with Gasteiger partial charge in [-0.2, -0.15) is 13.2 Å². The van der Waals surface area contributed by atoms with Crippen molar-refractivity contribution >= 4 is 11.6 Å². The van der Waals surface area contributed by atoms with Gasteiger partial charge in [0.05, 0.1) is 23.6 Å². The number of amides is 1. The third-order valence-electron chi connectivity index (χ3n) is 9.55. The normalized spacial score (nSPS) is 23.9. The average Bonchev–Trinajstić information content (AvgIpc) is 3.53. The summed E-state index contributed by atoms with van der Waals surface area (Å²) in [6, 6.07) is 10.5. The second-order valence-electron chi connectivity index (χ2n) is 12.2. The van der Waals surface area contributed by atoms with E-state index in [9.17, 15) is 18.0 Å². The summed E-state index contributed by atoms with van der Waals surface area (Å²) in [6.07, 6.45) is 3.62. The molecule has 6 rings (SSSR count). The molecule has 1 amide bonds. The van der Waals surface area contributed by atoms with Gasteiger partial charge in [0.1, 0.15) is 12.2 Å². The van der Waals surface area contributed by atoms with Crippen molar-refractivity contribution in [1.29, 1.82) is 0 Å². The number of aryl methyl sites for hydroxylation is 1. The van der Waals surface area contributed by atoms with Crippen molar-refractivity contribution in [1.82, 2.24) is 20.1 Å². The predicted molar refractivity (Wildman–Crippen MR) is 149 cm³/mol. The van der Waals surface area contributed by atoms with E-state index in [0.29, 0.717) is 11.3 Å². The number of anilines is 1. The Morgan fingerprint density at radius 3 is 2.49 bits per heavy atom. The average molecular weight is 568 g/mol. The van der Waals surface area contributed by atoms with Gasteiger partial charge < -0.3 is 19.5 Å². The number of fused-ring (bicyclic) bond motifs is 1. The van der Waals surface area contributed by atoms with Crippen LogP contribution in [0, 0.1) is 0 Å². The molecule has 0 spiro atoms. The number of aromatic nitrogens is 3. The lowest BCUT2D eigenvalue weighted by atomic mass is 9.68. The van der Waals surface area contributed by atoms with Crippen molar-refractivity contribution in [3.63, 3.8) is 0 Å². The van der Waals surface area contributed by atoms with Crippen LogP contribution in [0.1, 0.15) is 90.3 Å². The third kappa shape index (κ3) is 4.95. The van der Waals surface area contributed by atoms with Crippen LogP contribution in [0.4, 0.5) is 18.9 Å². The number of hydrogen-bond acceptors (Lipinski definition) is 5. The summed E-state index contributed by atoms with van der Waals surface area (Å²) in [5.41, 5.74) is 0.955. The van der Waals surface area contributed by atoms with E-state index in [0.717, 1.165) is 56.3 Å². The molecule has 2 fully saturated rings. The molecule has 0 saturated heterocycles. The highest BCUT2D eigenvalue weighted by atomic mass is 19.4. The van der Waals surface area contributed by atoms with Gasteiger partial charge in [0.2, 0.25) is 0 Å². The number of nitrogens with one attached hydrogen (secondary N) is 1. The molecular formula is C31H36F3N5O2. The summed E-state index contributed by atoms with van der Waals surface area (Å²) in [6.45, 7) is 2.25. The molecule has 7 nitrogen and oxygen atoms in total. The molecule has 1 aliphatic heterocycles. The number of hydrogen-bond donors (Lipinski definition) is 1. The van der Waals surface area contributed by atoms with Gasteiger partial charge in [-0.1, -0.05) is 12.1 Å². The topological polar surface area (TPSA) is 72.3 Å². The number of benzene rings is 2. The van der Waals surface area contributed by atoms with Crippen LogP contribution in [-0.2, 0) is 36.5 Å². The standard InChI is InChI=1S/C31H36F3N5O2/c1-29(10-5-11-29)35-17-20-14-24-25(26(15-20)31(32,33)34)18-39(27(24)40)22-7-4-6-21(16-22)30(28-37-36-19-38(28)2)12-8-23(41-3)9-13-30/h4,6-7,14-16,19,23,35H,5,8-13,17-18H2,1-3H3. The second kappa shape index (κ2) is 10.2. The molecule has 218 valence electrons. The van der Waals surface area contributed by atoms with E-state index in [2.05, 4.69) is 22.4 Å². The Hall–Kier alpha value is -3.24. The van der Waals surface area contributed by atoms with Gasteiger partial charge in [0.25, 0.3) is 5.91 Å². The number of rotatable bonds is 7. The van der Waals surface area contributed by atoms with Gasteiger partial charge in [0.15, 0.2) is 0 Å². The molecule has 0 radical (unpaired) electrons. The van der Waals surface area contributed by atoms with Crippen LogP contribution in [0.15, 0.2) is 42.7 Å². The quantitative estimate of drug-likeness (QED) is 0.385. The van der Waals surface area contributed by atoms with Gasteiger partial charge >= 0.3 is 6.18 Å². The van der Waals surface area contributed by atoms with E-state index in [1.54, 1.807) is 25.6 Å². The Balaban J connectivity index is 1.35.